The number of rotatable bonds is 6. The number of aryl methyl sites for hydroxylation is 2. The van der Waals surface area contributed by atoms with Crippen molar-refractivity contribution < 1.29 is 0 Å². The van der Waals surface area contributed by atoms with Gasteiger partial charge >= 0.3 is 301 Å². The van der Waals surface area contributed by atoms with Gasteiger partial charge in [-0.15, -0.1) is 0 Å². The average molecular weight is 609 g/mol. The Morgan fingerprint density at radius 3 is 1.30 bits per heavy atom. The summed E-state index contributed by atoms with van der Waals surface area (Å²) in [6.45, 7) is 9.88. The summed E-state index contributed by atoms with van der Waals surface area (Å²) in [6, 6.07) is 46.6. The van der Waals surface area contributed by atoms with Crippen molar-refractivity contribution in [2.24, 2.45) is 0 Å². The van der Waals surface area contributed by atoms with Gasteiger partial charge in [0.1, 0.15) is 0 Å². The molecule has 0 N–H and O–H groups in total. The van der Waals surface area contributed by atoms with Crippen molar-refractivity contribution in [1.29, 1.82) is 0 Å². The molecule has 3 heteroatoms. The third-order valence-corrected chi connectivity index (χ3v) is 14.9. The first kappa shape index (κ1) is 31.0. The van der Waals surface area contributed by atoms with Crippen LogP contribution in [0, 0.1) is 0 Å². The fourth-order valence-corrected chi connectivity index (χ4v) is 13.1. The summed E-state index contributed by atoms with van der Waals surface area (Å²) in [5.41, 5.74) is 14.7. The van der Waals surface area contributed by atoms with Crippen molar-refractivity contribution in [3.8, 4) is 0 Å². The summed E-state index contributed by atoms with van der Waals surface area (Å²) in [5, 5.41) is 8.67. The van der Waals surface area contributed by atoms with Crippen LogP contribution in [0.3, 0.4) is 0 Å². The molecule has 47 heavy (non-hydrogen) atoms. The molecule has 220 valence electrons. The van der Waals surface area contributed by atoms with E-state index in [1.165, 1.54) is 66.1 Å². The molecule has 2 aliphatic rings. The topological polar surface area (TPSA) is 0 Å². The number of fused-ring (bicyclic) bond motifs is 4. The molecular weight excluding hydrogens is 570 g/mol. The van der Waals surface area contributed by atoms with Crippen molar-refractivity contribution in [3.63, 3.8) is 0 Å². The summed E-state index contributed by atoms with van der Waals surface area (Å²) < 4.78 is 0.650. The molecule has 2 unspecified atom stereocenters. The van der Waals surface area contributed by atoms with E-state index < -0.39 is 8.07 Å². The van der Waals surface area contributed by atoms with E-state index in [1.807, 2.05) is 0 Å². The van der Waals surface area contributed by atoms with Gasteiger partial charge in [0.05, 0.1) is 0 Å². The Kier molecular flexibility index (Phi) is 7.93. The summed E-state index contributed by atoms with van der Waals surface area (Å²) in [5.74, 6) is 0. The van der Waals surface area contributed by atoms with Crippen LogP contribution in [0.15, 0.2) is 121 Å². The van der Waals surface area contributed by atoms with Gasteiger partial charge in [0.2, 0.25) is 0 Å². The Morgan fingerprint density at radius 2 is 0.872 bits per heavy atom. The van der Waals surface area contributed by atoms with Crippen molar-refractivity contribution >= 4 is 86.6 Å². The molecule has 6 aromatic carbocycles. The van der Waals surface area contributed by atoms with Gasteiger partial charge < -0.3 is 0 Å². The van der Waals surface area contributed by atoms with E-state index in [0.717, 1.165) is 12.8 Å². The van der Waals surface area contributed by atoms with E-state index in [9.17, 15) is 0 Å². The number of benzene rings is 6. The summed E-state index contributed by atoms with van der Waals surface area (Å²) in [4.78, 5) is 0. The molecule has 0 nitrogen and oxygen atoms in total. The Balaban J connectivity index is 1.50. The van der Waals surface area contributed by atoms with E-state index in [2.05, 4.69) is 184 Å². The van der Waals surface area contributed by atoms with Gasteiger partial charge in [-0.25, -0.2) is 0 Å². The predicted molar refractivity (Wildman–Crippen MR) is 208 cm³/mol. The summed E-state index contributed by atoms with van der Waals surface area (Å²) in [7, 11) is -2.39. The van der Waals surface area contributed by atoms with Crippen molar-refractivity contribution in [2.45, 2.75) is 49.0 Å². The van der Waals surface area contributed by atoms with E-state index in [-0.39, 0.29) is 0 Å². The molecule has 0 aromatic heterocycles. The molecule has 0 saturated carbocycles. The second-order valence-electron chi connectivity index (χ2n) is 14.3. The molecule has 0 saturated heterocycles. The Bertz CT molecular complexity index is 2130. The zero-order valence-corrected chi connectivity index (χ0v) is 29.6. The normalized spacial score (nSPS) is 17.6. The predicted octanol–water partition coefficient (Wildman–Crippen LogP) is 10.9. The second-order valence-corrected chi connectivity index (χ2v) is 18.5. The van der Waals surface area contributed by atoms with Crippen LogP contribution in [0.5, 0.6) is 0 Å². The molecule has 0 radical (unpaired) electrons. The van der Waals surface area contributed by atoms with Crippen LogP contribution >= 0.6 is 0 Å². The molecule has 0 fully saturated rings. The minimum atomic E-state index is -2.39. The molecule has 0 amide bonds. The molecular formula is C44H38Li2Si. The molecule has 0 bridgehead atoms. The van der Waals surface area contributed by atoms with Crippen LogP contribution in [-0.2, 0) is 12.8 Å². The Morgan fingerprint density at radius 1 is 0.489 bits per heavy atom. The molecule has 2 atom stereocenters. The molecule has 0 heterocycles. The standard InChI is InChI=1S/C44H38Si.2Li/c1-5-29-23-31-15-7-11-19-35(31)39(25-29)41-27-33-17-9-13-21-37(33)43(41)45(3,4)44-38-22-14-10-18-34(38)28-42(44)40-26-30(6-2)24-32-16-8-12-20-36(32)40;;/h7-28H,5-6H2,1-4H3;;. The first-order chi connectivity index (χ1) is 22.8. The van der Waals surface area contributed by atoms with Gasteiger partial charge in [0.25, 0.3) is 0 Å². The van der Waals surface area contributed by atoms with E-state index in [1.54, 1.807) is 21.5 Å². The monoisotopic (exact) mass is 608 g/mol. The molecule has 2 aliphatic carbocycles. The zero-order chi connectivity index (χ0) is 32.4. The molecule has 0 aliphatic heterocycles. The Labute approximate surface area is 299 Å². The van der Waals surface area contributed by atoms with Gasteiger partial charge in [0, 0.05) is 0 Å². The van der Waals surface area contributed by atoms with E-state index in [4.69, 9.17) is 0 Å². The number of allylic oxidation sites excluding steroid dienone is 2. The fourth-order valence-electron chi connectivity index (χ4n) is 9.05. The quantitative estimate of drug-likeness (QED) is 0.165. The van der Waals surface area contributed by atoms with Crippen LogP contribution in [-0.4, -0.2) is 43.5 Å². The van der Waals surface area contributed by atoms with Crippen LogP contribution in [0.2, 0.25) is 13.1 Å². The first-order valence-corrected chi connectivity index (χ1v) is 20.5. The van der Waals surface area contributed by atoms with Gasteiger partial charge in [0.15, 0.2) is 0 Å². The maximum atomic E-state index is 2.65. The van der Waals surface area contributed by atoms with Crippen molar-refractivity contribution in [1.82, 2.24) is 0 Å². The van der Waals surface area contributed by atoms with Gasteiger partial charge in [-0.2, -0.15) is 0 Å². The summed E-state index contributed by atoms with van der Waals surface area (Å²) >= 11 is 4.91. The van der Waals surface area contributed by atoms with Gasteiger partial charge in [-0.1, -0.05) is 0 Å². The number of hydrogen-bond donors (Lipinski definition) is 0. The third-order valence-electron chi connectivity index (χ3n) is 11.3. The third kappa shape index (κ3) is 4.86. The minimum absolute atomic E-state index is 0.325. The fraction of sp³-hybridized carbons (Fsp3) is 0.182. The number of hydrogen-bond acceptors (Lipinski definition) is 0. The molecule has 6 aromatic rings. The van der Waals surface area contributed by atoms with E-state index in [0.29, 0.717) is 9.18 Å². The second kappa shape index (κ2) is 12.0. The Hall–Kier alpha value is -3.27. The van der Waals surface area contributed by atoms with Crippen molar-refractivity contribution in [3.05, 3.63) is 166 Å². The molecule has 8 rings (SSSR count). The maximum absolute atomic E-state index is 2.65. The van der Waals surface area contributed by atoms with Crippen LogP contribution in [0.25, 0.3) is 43.1 Å². The van der Waals surface area contributed by atoms with Crippen LogP contribution in [0.1, 0.15) is 67.5 Å². The van der Waals surface area contributed by atoms with Gasteiger partial charge in [-0.05, 0) is 0 Å². The SMILES string of the molecule is [Li][CH]1C(c2cc(CC)cc3ccccc23)=C([Si](C)(C)C2=C(c3cc(CC)cc4ccccc34)[CH]([Li])c3ccccc32)c2ccccc21. The van der Waals surface area contributed by atoms with Crippen molar-refractivity contribution in [2.75, 3.05) is 0 Å². The van der Waals surface area contributed by atoms with Crippen LogP contribution < -0.4 is 0 Å². The average Bonchev–Trinajstić information content (AvgIpc) is 3.58. The summed E-state index contributed by atoms with van der Waals surface area (Å²) in [6.07, 6.45) is 2.06. The van der Waals surface area contributed by atoms with Crippen LogP contribution in [0.4, 0.5) is 0 Å². The zero-order valence-electron chi connectivity index (χ0n) is 28.6. The van der Waals surface area contributed by atoms with Gasteiger partial charge in [-0.3, -0.25) is 0 Å². The van der Waals surface area contributed by atoms with E-state index >= 15 is 0 Å². The first-order valence-electron chi connectivity index (χ1n) is 17.5. The molecule has 0 spiro atoms.